The fourth-order valence-electron chi connectivity index (χ4n) is 3.16. The number of nitrogens with zero attached hydrogens (tertiary/aromatic N) is 1. The van der Waals surface area contributed by atoms with Crippen molar-refractivity contribution in [3.63, 3.8) is 0 Å². The third-order valence-electron chi connectivity index (χ3n) is 4.70. The summed E-state index contributed by atoms with van der Waals surface area (Å²) in [5.41, 5.74) is 7.67. The minimum Gasteiger partial charge on any atom is -0.399 e. The average Bonchev–Trinajstić information content (AvgIpc) is 2.88. The normalized spacial score (nSPS) is 26.1. The Kier molecular flexibility index (Phi) is 3.76. The number of anilines is 2. The van der Waals surface area contributed by atoms with Gasteiger partial charge < -0.3 is 21.1 Å². The van der Waals surface area contributed by atoms with Crippen molar-refractivity contribution >= 4 is 22.7 Å². The maximum atomic E-state index is 10.6. The number of rotatable bonds is 4. The van der Waals surface area contributed by atoms with Crippen LogP contribution in [0.1, 0.15) is 39.0 Å². The molecule has 0 amide bonds. The highest BCUT2D eigenvalue weighted by Gasteiger charge is 2.32. The van der Waals surface area contributed by atoms with E-state index >= 15 is 0 Å². The molecule has 1 aliphatic carbocycles. The highest BCUT2D eigenvalue weighted by Crippen LogP contribution is 2.33. The number of benzene rings is 1. The summed E-state index contributed by atoms with van der Waals surface area (Å²) in [7, 11) is 0. The first-order valence-corrected chi connectivity index (χ1v) is 7.79. The number of hydrogen-bond acceptors (Lipinski definition) is 4. The second-order valence-electron chi connectivity index (χ2n) is 6.29. The molecule has 1 aromatic carbocycles. The van der Waals surface area contributed by atoms with Gasteiger partial charge in [0, 0.05) is 12.2 Å². The molecule has 0 bridgehead atoms. The van der Waals surface area contributed by atoms with Crippen LogP contribution in [0.3, 0.4) is 0 Å². The Labute approximate surface area is 125 Å². The first-order chi connectivity index (χ1) is 10.1. The first-order valence-electron chi connectivity index (χ1n) is 7.79. The first kappa shape index (κ1) is 14.2. The van der Waals surface area contributed by atoms with E-state index in [-0.39, 0.29) is 0 Å². The zero-order valence-corrected chi connectivity index (χ0v) is 12.5. The third-order valence-corrected chi connectivity index (χ3v) is 4.70. The van der Waals surface area contributed by atoms with Crippen molar-refractivity contribution < 1.29 is 5.11 Å². The van der Waals surface area contributed by atoms with E-state index in [4.69, 9.17) is 5.73 Å². The van der Waals surface area contributed by atoms with Crippen molar-refractivity contribution in [3.05, 3.63) is 18.2 Å². The van der Waals surface area contributed by atoms with Crippen molar-refractivity contribution in [2.45, 2.75) is 44.6 Å². The molecule has 3 rings (SSSR count). The molecule has 1 saturated carbocycles. The minimum absolute atomic E-state index is 0.540. The smallest absolute Gasteiger partial charge is 0.201 e. The zero-order chi connectivity index (χ0) is 14.9. The van der Waals surface area contributed by atoms with Gasteiger partial charge in [0.2, 0.25) is 5.95 Å². The van der Waals surface area contributed by atoms with E-state index in [2.05, 4.69) is 22.2 Å². The number of nitrogen functional groups attached to an aromatic ring is 1. The third kappa shape index (κ3) is 3.13. The molecule has 5 N–H and O–H groups in total. The van der Waals surface area contributed by atoms with Crippen molar-refractivity contribution in [1.82, 2.24) is 9.97 Å². The van der Waals surface area contributed by atoms with E-state index in [1.165, 1.54) is 6.42 Å². The number of aromatic amines is 1. The van der Waals surface area contributed by atoms with Gasteiger partial charge in [0.05, 0.1) is 16.6 Å². The quantitative estimate of drug-likeness (QED) is 0.652. The van der Waals surface area contributed by atoms with Crippen LogP contribution >= 0.6 is 0 Å². The standard InChI is InChI=1S/C16H24N4O/c1-2-11-5-7-16(21,8-6-11)10-18-15-19-13-4-3-12(17)9-14(13)20-15/h3-4,9,11,21H,2,5-8,10,17H2,1H3,(H2,18,19,20). The fraction of sp³-hybridized carbons (Fsp3) is 0.562. The number of hydrogen-bond donors (Lipinski definition) is 4. The predicted molar refractivity (Wildman–Crippen MR) is 86.2 cm³/mol. The molecule has 1 fully saturated rings. The van der Waals surface area contributed by atoms with E-state index in [9.17, 15) is 5.11 Å². The zero-order valence-electron chi connectivity index (χ0n) is 12.5. The molecule has 0 unspecified atom stereocenters. The summed E-state index contributed by atoms with van der Waals surface area (Å²) in [6.45, 7) is 2.77. The molecule has 21 heavy (non-hydrogen) atoms. The van der Waals surface area contributed by atoms with Gasteiger partial charge in [-0.05, 0) is 49.8 Å². The molecule has 5 heteroatoms. The lowest BCUT2D eigenvalue weighted by Gasteiger charge is -2.35. The summed E-state index contributed by atoms with van der Waals surface area (Å²) in [4.78, 5) is 7.67. The molecule has 0 atom stereocenters. The Morgan fingerprint density at radius 2 is 2.19 bits per heavy atom. The molecular formula is C16H24N4O. The Morgan fingerprint density at radius 3 is 2.90 bits per heavy atom. The molecule has 0 saturated heterocycles. The number of fused-ring (bicyclic) bond motifs is 1. The van der Waals surface area contributed by atoms with Gasteiger partial charge in [-0.15, -0.1) is 0 Å². The van der Waals surface area contributed by atoms with Crippen LogP contribution in [0.25, 0.3) is 11.0 Å². The van der Waals surface area contributed by atoms with E-state index in [0.717, 1.165) is 42.6 Å². The van der Waals surface area contributed by atoms with Gasteiger partial charge in [0.25, 0.3) is 0 Å². The molecule has 2 aromatic rings. The van der Waals surface area contributed by atoms with E-state index in [1.54, 1.807) is 0 Å². The monoisotopic (exact) mass is 288 g/mol. The summed E-state index contributed by atoms with van der Waals surface area (Å²) in [5, 5.41) is 13.9. The van der Waals surface area contributed by atoms with Crippen LogP contribution in [0.4, 0.5) is 11.6 Å². The molecule has 114 valence electrons. The van der Waals surface area contributed by atoms with Gasteiger partial charge in [0.15, 0.2) is 0 Å². The molecule has 0 spiro atoms. The molecule has 1 aromatic heterocycles. The maximum absolute atomic E-state index is 10.6. The van der Waals surface area contributed by atoms with Crippen LogP contribution in [0.15, 0.2) is 18.2 Å². The van der Waals surface area contributed by atoms with E-state index < -0.39 is 5.60 Å². The Morgan fingerprint density at radius 1 is 1.43 bits per heavy atom. The number of aromatic nitrogens is 2. The minimum atomic E-state index is -0.607. The summed E-state index contributed by atoms with van der Waals surface area (Å²) >= 11 is 0. The molecule has 0 aliphatic heterocycles. The second kappa shape index (κ2) is 5.56. The maximum Gasteiger partial charge on any atom is 0.201 e. The molecule has 0 radical (unpaired) electrons. The summed E-state index contributed by atoms with van der Waals surface area (Å²) in [5.74, 6) is 1.47. The number of nitrogens with two attached hydrogens (primary N) is 1. The van der Waals surface area contributed by atoms with Crippen LogP contribution in [0.5, 0.6) is 0 Å². The number of aliphatic hydroxyl groups is 1. The van der Waals surface area contributed by atoms with Crippen LogP contribution in [0, 0.1) is 5.92 Å². The number of nitrogens with one attached hydrogen (secondary N) is 2. The molecule has 1 heterocycles. The van der Waals surface area contributed by atoms with Crippen molar-refractivity contribution in [2.75, 3.05) is 17.6 Å². The lowest BCUT2D eigenvalue weighted by atomic mass is 9.78. The summed E-state index contributed by atoms with van der Waals surface area (Å²) in [6.07, 6.45) is 5.18. The molecule has 1 aliphatic rings. The average molecular weight is 288 g/mol. The van der Waals surface area contributed by atoms with Crippen molar-refractivity contribution in [2.24, 2.45) is 5.92 Å². The highest BCUT2D eigenvalue weighted by atomic mass is 16.3. The fourth-order valence-corrected chi connectivity index (χ4v) is 3.16. The summed E-state index contributed by atoms with van der Waals surface area (Å²) in [6, 6.07) is 5.61. The number of H-pyrrole nitrogens is 1. The Hall–Kier alpha value is -1.75. The van der Waals surface area contributed by atoms with Crippen LogP contribution < -0.4 is 11.1 Å². The SMILES string of the molecule is CCC1CCC(O)(CNc2nc3ccc(N)cc3[nH]2)CC1. The largest absolute Gasteiger partial charge is 0.399 e. The molecular weight excluding hydrogens is 264 g/mol. The second-order valence-corrected chi connectivity index (χ2v) is 6.29. The topological polar surface area (TPSA) is 87.0 Å². The van der Waals surface area contributed by atoms with Crippen molar-refractivity contribution in [1.29, 1.82) is 0 Å². The van der Waals surface area contributed by atoms with E-state index in [0.29, 0.717) is 18.2 Å². The van der Waals surface area contributed by atoms with E-state index in [1.807, 2.05) is 18.2 Å². The van der Waals surface area contributed by atoms with Gasteiger partial charge >= 0.3 is 0 Å². The lowest BCUT2D eigenvalue weighted by molar-refractivity contribution is 0.00218. The Balaban J connectivity index is 1.63. The predicted octanol–water partition coefficient (Wildman–Crippen LogP) is 2.89. The van der Waals surface area contributed by atoms with Gasteiger partial charge in [-0.3, -0.25) is 0 Å². The molecule has 5 nitrogen and oxygen atoms in total. The van der Waals surface area contributed by atoms with Gasteiger partial charge in [-0.25, -0.2) is 4.98 Å². The number of imidazole rings is 1. The lowest BCUT2D eigenvalue weighted by Crippen LogP contribution is -2.40. The summed E-state index contributed by atoms with van der Waals surface area (Å²) < 4.78 is 0. The van der Waals surface area contributed by atoms with Gasteiger partial charge in [-0.2, -0.15) is 0 Å². The Bertz CT molecular complexity index is 614. The highest BCUT2D eigenvalue weighted by molar-refractivity contribution is 5.80. The van der Waals surface area contributed by atoms with Gasteiger partial charge in [-0.1, -0.05) is 13.3 Å². The van der Waals surface area contributed by atoms with Crippen LogP contribution in [-0.4, -0.2) is 27.2 Å². The van der Waals surface area contributed by atoms with Gasteiger partial charge in [0.1, 0.15) is 0 Å². The van der Waals surface area contributed by atoms with Crippen LogP contribution in [-0.2, 0) is 0 Å². The van der Waals surface area contributed by atoms with Crippen LogP contribution in [0.2, 0.25) is 0 Å². The van der Waals surface area contributed by atoms with Crippen molar-refractivity contribution in [3.8, 4) is 0 Å².